The number of carboxylic acids is 1. The van der Waals surface area contributed by atoms with Crippen LogP contribution in [0.15, 0.2) is 24.3 Å². The second-order valence-electron chi connectivity index (χ2n) is 5.68. The summed E-state index contributed by atoms with van der Waals surface area (Å²) in [6, 6.07) is 4.70. The number of aliphatic hydroxyl groups is 1. The number of aliphatic carboxylic acids is 1. The van der Waals surface area contributed by atoms with E-state index >= 15 is 0 Å². The zero-order valence-electron chi connectivity index (χ0n) is 13.0. The fourth-order valence-electron chi connectivity index (χ4n) is 1.70. The highest BCUT2D eigenvalue weighted by Gasteiger charge is 2.31. The highest BCUT2D eigenvalue weighted by atomic mass is 16.6. The normalized spacial score (nSPS) is 13.9. The van der Waals surface area contributed by atoms with Crippen LogP contribution in [0.1, 0.15) is 32.4 Å². The minimum atomic E-state index is -1.52. The first kappa shape index (κ1) is 17.8. The predicted molar refractivity (Wildman–Crippen MR) is 78.7 cm³/mol. The number of ether oxygens (including phenoxy) is 2. The first-order chi connectivity index (χ1) is 10.1. The summed E-state index contributed by atoms with van der Waals surface area (Å²) in [6.07, 6.45) is -2.33. The molecule has 7 heteroatoms. The van der Waals surface area contributed by atoms with Crippen molar-refractivity contribution in [2.45, 2.75) is 38.5 Å². The lowest BCUT2D eigenvalue weighted by Gasteiger charge is -2.24. The van der Waals surface area contributed by atoms with Crippen LogP contribution < -0.4 is 10.1 Å². The standard InChI is InChI=1S/C15H21NO6/c1-15(2,3)22-14(20)16-11(13(18)19)12(17)9-5-7-10(21-4)8-6-9/h5-8,11-12,17H,1-4H3,(H,16,20)(H,18,19)/t11?,12-/m0/s1. The molecule has 0 aliphatic rings. The molecule has 1 aromatic carbocycles. The van der Waals surface area contributed by atoms with Crippen LogP contribution in [0.2, 0.25) is 0 Å². The van der Waals surface area contributed by atoms with Gasteiger partial charge >= 0.3 is 12.1 Å². The van der Waals surface area contributed by atoms with Crippen LogP contribution in [-0.4, -0.2) is 41.0 Å². The minimum absolute atomic E-state index is 0.337. The topological polar surface area (TPSA) is 105 Å². The zero-order chi connectivity index (χ0) is 16.9. The van der Waals surface area contributed by atoms with Crippen LogP contribution in [0.4, 0.5) is 4.79 Å². The molecule has 0 saturated carbocycles. The molecule has 1 aromatic rings. The van der Waals surface area contributed by atoms with Gasteiger partial charge in [0.05, 0.1) is 7.11 Å². The number of amides is 1. The maximum atomic E-state index is 11.7. The number of benzene rings is 1. The number of carbonyl (C=O) groups is 2. The summed E-state index contributed by atoms with van der Waals surface area (Å²) >= 11 is 0. The van der Waals surface area contributed by atoms with Gasteiger partial charge in [0, 0.05) is 0 Å². The summed E-state index contributed by atoms with van der Waals surface area (Å²) < 4.78 is 9.98. The van der Waals surface area contributed by atoms with Gasteiger partial charge in [0.2, 0.25) is 0 Å². The summed E-state index contributed by atoms with van der Waals surface area (Å²) in [6.45, 7) is 4.97. The molecule has 22 heavy (non-hydrogen) atoms. The molecule has 2 atom stereocenters. The van der Waals surface area contributed by atoms with Gasteiger partial charge < -0.3 is 25.0 Å². The Morgan fingerprint density at radius 3 is 2.14 bits per heavy atom. The van der Waals surface area contributed by atoms with Crippen molar-refractivity contribution in [1.29, 1.82) is 0 Å². The lowest BCUT2D eigenvalue weighted by atomic mass is 10.0. The first-order valence-electron chi connectivity index (χ1n) is 6.68. The van der Waals surface area contributed by atoms with E-state index in [-0.39, 0.29) is 0 Å². The van der Waals surface area contributed by atoms with Crippen molar-refractivity contribution in [3.05, 3.63) is 29.8 Å². The van der Waals surface area contributed by atoms with Crippen LogP contribution >= 0.6 is 0 Å². The van der Waals surface area contributed by atoms with Gasteiger partial charge in [-0.25, -0.2) is 9.59 Å². The molecular formula is C15H21NO6. The molecule has 0 radical (unpaired) electrons. The molecule has 7 nitrogen and oxygen atoms in total. The van der Waals surface area contributed by atoms with E-state index in [9.17, 15) is 19.8 Å². The quantitative estimate of drug-likeness (QED) is 0.764. The van der Waals surface area contributed by atoms with Crippen LogP contribution in [0, 0.1) is 0 Å². The Morgan fingerprint density at radius 2 is 1.73 bits per heavy atom. The molecule has 0 bridgehead atoms. The minimum Gasteiger partial charge on any atom is -0.497 e. The monoisotopic (exact) mass is 311 g/mol. The fraction of sp³-hybridized carbons (Fsp3) is 0.467. The van der Waals surface area contributed by atoms with E-state index in [4.69, 9.17) is 9.47 Å². The summed E-state index contributed by atoms with van der Waals surface area (Å²) in [4.78, 5) is 23.0. The Balaban J connectivity index is 2.85. The third-order valence-electron chi connectivity index (χ3n) is 2.71. The van der Waals surface area contributed by atoms with Gasteiger partial charge in [-0.1, -0.05) is 12.1 Å². The summed E-state index contributed by atoms with van der Waals surface area (Å²) in [5.41, 5.74) is -0.428. The smallest absolute Gasteiger partial charge is 0.408 e. The van der Waals surface area contributed by atoms with Gasteiger partial charge in [0.15, 0.2) is 6.04 Å². The Labute approximate surface area is 128 Å². The number of rotatable bonds is 5. The highest BCUT2D eigenvalue weighted by molar-refractivity contribution is 5.80. The summed E-state index contributed by atoms with van der Waals surface area (Å²) in [5.74, 6) is -0.794. The highest BCUT2D eigenvalue weighted by Crippen LogP contribution is 2.21. The van der Waals surface area contributed by atoms with Crippen molar-refractivity contribution in [3.8, 4) is 5.75 Å². The molecule has 0 heterocycles. The van der Waals surface area contributed by atoms with E-state index in [0.717, 1.165) is 0 Å². The molecular weight excluding hydrogens is 290 g/mol. The third-order valence-corrected chi connectivity index (χ3v) is 2.71. The second kappa shape index (κ2) is 7.13. The molecule has 3 N–H and O–H groups in total. The van der Waals surface area contributed by atoms with E-state index < -0.39 is 29.8 Å². The average molecular weight is 311 g/mol. The number of nitrogens with one attached hydrogen (secondary N) is 1. The predicted octanol–water partition coefficient (Wildman–Crippen LogP) is 1.71. The molecule has 0 aliphatic heterocycles. The number of methoxy groups -OCH3 is 1. The molecule has 1 rings (SSSR count). The lowest BCUT2D eigenvalue weighted by Crippen LogP contribution is -2.46. The number of alkyl carbamates (subject to hydrolysis) is 1. The van der Waals surface area contributed by atoms with Gasteiger partial charge in [-0.05, 0) is 38.5 Å². The number of aliphatic hydroxyl groups excluding tert-OH is 1. The molecule has 0 aromatic heterocycles. The van der Waals surface area contributed by atoms with Gasteiger partial charge in [-0.15, -0.1) is 0 Å². The van der Waals surface area contributed by atoms with E-state index in [2.05, 4.69) is 5.32 Å². The number of hydrogen-bond donors (Lipinski definition) is 3. The molecule has 122 valence electrons. The second-order valence-corrected chi connectivity index (χ2v) is 5.68. The van der Waals surface area contributed by atoms with Crippen molar-refractivity contribution in [2.24, 2.45) is 0 Å². The van der Waals surface area contributed by atoms with Crippen molar-refractivity contribution in [3.63, 3.8) is 0 Å². The SMILES string of the molecule is COc1ccc([C@H](O)C(NC(=O)OC(C)(C)C)C(=O)O)cc1. The van der Waals surface area contributed by atoms with Gasteiger partial charge in [-0.2, -0.15) is 0 Å². The Hall–Kier alpha value is -2.28. The zero-order valence-corrected chi connectivity index (χ0v) is 13.0. The lowest BCUT2D eigenvalue weighted by molar-refractivity contribution is -0.142. The van der Waals surface area contributed by atoms with Crippen LogP contribution in [0.3, 0.4) is 0 Å². The van der Waals surface area contributed by atoms with Crippen molar-refractivity contribution in [2.75, 3.05) is 7.11 Å². The number of hydrogen-bond acceptors (Lipinski definition) is 5. The molecule has 1 unspecified atom stereocenters. The van der Waals surface area contributed by atoms with Gasteiger partial charge in [-0.3, -0.25) is 0 Å². The van der Waals surface area contributed by atoms with Crippen LogP contribution in [-0.2, 0) is 9.53 Å². The van der Waals surface area contributed by atoms with E-state index in [1.54, 1.807) is 32.9 Å². The largest absolute Gasteiger partial charge is 0.497 e. The Morgan fingerprint density at radius 1 is 1.18 bits per heavy atom. The molecule has 0 fully saturated rings. The number of carbonyl (C=O) groups excluding carboxylic acids is 1. The third kappa shape index (κ3) is 5.25. The summed E-state index contributed by atoms with van der Waals surface area (Å²) in [5, 5.41) is 21.5. The maximum absolute atomic E-state index is 11.7. The Kier molecular flexibility index (Phi) is 5.76. The maximum Gasteiger partial charge on any atom is 0.408 e. The van der Waals surface area contributed by atoms with Crippen LogP contribution in [0.5, 0.6) is 5.75 Å². The van der Waals surface area contributed by atoms with Gasteiger partial charge in [0.1, 0.15) is 17.5 Å². The fourth-order valence-corrected chi connectivity index (χ4v) is 1.70. The van der Waals surface area contributed by atoms with E-state index in [1.165, 1.54) is 19.2 Å². The van der Waals surface area contributed by atoms with Crippen molar-refractivity contribution in [1.82, 2.24) is 5.32 Å². The van der Waals surface area contributed by atoms with E-state index in [1.807, 2.05) is 0 Å². The Bertz CT molecular complexity index is 520. The van der Waals surface area contributed by atoms with Crippen molar-refractivity contribution < 1.29 is 29.3 Å². The first-order valence-corrected chi connectivity index (χ1v) is 6.68. The van der Waals surface area contributed by atoms with Crippen molar-refractivity contribution >= 4 is 12.1 Å². The molecule has 0 saturated heterocycles. The molecule has 0 spiro atoms. The molecule has 1 amide bonds. The van der Waals surface area contributed by atoms with Gasteiger partial charge in [0.25, 0.3) is 0 Å². The number of carboxylic acid groups (broad SMARTS) is 1. The van der Waals surface area contributed by atoms with E-state index in [0.29, 0.717) is 11.3 Å². The average Bonchev–Trinajstić information content (AvgIpc) is 2.42. The molecule has 0 aliphatic carbocycles. The summed E-state index contributed by atoms with van der Waals surface area (Å²) in [7, 11) is 1.50. The van der Waals surface area contributed by atoms with Crippen LogP contribution in [0.25, 0.3) is 0 Å².